The zero-order chi connectivity index (χ0) is 16.8. The molecule has 0 heterocycles. The van der Waals surface area contributed by atoms with E-state index < -0.39 is 17.7 Å². The number of benzene rings is 1. The summed E-state index contributed by atoms with van der Waals surface area (Å²) in [5, 5.41) is 29.1. The van der Waals surface area contributed by atoms with E-state index in [-0.39, 0.29) is 71.1 Å². The molecule has 1 aromatic rings. The molecule has 24 heavy (non-hydrogen) atoms. The standard InChI is InChI=1S/C10H20O2.C7H6O3.2Na/c1-2-3-4-5-6-7-8-9-10(11)12;8-6-4-2-1-3-5(6)7(9)10;;/h2-9H2,1H3,(H,11,12);1-4,8H,(H,9,10);;/q;;2*+1/p-2. The van der Waals surface area contributed by atoms with Crippen molar-refractivity contribution in [3.63, 3.8) is 0 Å². The molecule has 0 radical (unpaired) electrons. The van der Waals surface area contributed by atoms with Gasteiger partial charge in [0.05, 0.1) is 5.56 Å². The van der Waals surface area contributed by atoms with E-state index in [4.69, 9.17) is 5.11 Å². The van der Waals surface area contributed by atoms with Crippen molar-refractivity contribution in [2.45, 2.75) is 58.3 Å². The minimum absolute atomic E-state index is 0. The molecular weight excluding hydrogens is 330 g/mol. The third-order valence-electron chi connectivity index (χ3n) is 3.10. The first-order valence-electron chi connectivity index (χ1n) is 7.68. The Morgan fingerprint density at radius 3 is 1.88 bits per heavy atom. The fraction of sp³-hybridized carbons (Fsp3) is 0.529. The van der Waals surface area contributed by atoms with E-state index in [0.717, 1.165) is 12.8 Å². The molecule has 7 heteroatoms. The van der Waals surface area contributed by atoms with E-state index in [2.05, 4.69) is 6.92 Å². The van der Waals surface area contributed by atoms with Gasteiger partial charge in [-0.2, -0.15) is 0 Å². The number of carbonyl (C=O) groups is 2. The molecule has 0 saturated carbocycles. The Labute approximate surface area is 188 Å². The second-order valence-electron chi connectivity index (χ2n) is 5.04. The number of para-hydroxylation sites is 1. The third-order valence-corrected chi connectivity index (χ3v) is 3.10. The quantitative estimate of drug-likeness (QED) is 0.364. The molecule has 0 aliphatic carbocycles. The number of unbranched alkanes of at least 4 members (excludes halogenated alkanes) is 6. The van der Waals surface area contributed by atoms with Gasteiger partial charge in [0, 0.05) is 5.97 Å². The van der Waals surface area contributed by atoms with Crippen molar-refractivity contribution in [3.05, 3.63) is 29.8 Å². The number of carboxylic acids is 2. The van der Waals surface area contributed by atoms with Gasteiger partial charge in [-0.1, -0.05) is 69.4 Å². The first-order valence-corrected chi connectivity index (χ1v) is 7.68. The monoisotopic (exact) mass is 354 g/mol. The molecule has 5 nitrogen and oxygen atoms in total. The van der Waals surface area contributed by atoms with E-state index >= 15 is 0 Å². The first-order chi connectivity index (χ1) is 10.5. The molecule has 0 fully saturated rings. The Balaban J connectivity index is -0.000000342. The molecule has 0 aliphatic rings. The molecule has 0 aliphatic heterocycles. The van der Waals surface area contributed by atoms with Crippen LogP contribution in [0.15, 0.2) is 24.3 Å². The number of aliphatic carboxylic acids is 1. The van der Waals surface area contributed by atoms with Gasteiger partial charge in [0.15, 0.2) is 0 Å². The van der Waals surface area contributed by atoms with Gasteiger partial charge in [-0.15, -0.1) is 0 Å². The van der Waals surface area contributed by atoms with Crippen molar-refractivity contribution in [2.75, 3.05) is 0 Å². The van der Waals surface area contributed by atoms with Crippen LogP contribution in [0, 0.1) is 0 Å². The van der Waals surface area contributed by atoms with Crippen LogP contribution in [-0.4, -0.2) is 17.0 Å². The smallest absolute Gasteiger partial charge is 0.872 e. The molecule has 1 N–H and O–H groups in total. The number of carbonyl (C=O) groups excluding carboxylic acids is 1. The van der Waals surface area contributed by atoms with Crippen molar-refractivity contribution >= 4 is 11.9 Å². The Morgan fingerprint density at radius 2 is 1.46 bits per heavy atom. The fourth-order valence-electron chi connectivity index (χ4n) is 1.87. The summed E-state index contributed by atoms with van der Waals surface area (Å²) in [6.07, 6.45) is 8.34. The summed E-state index contributed by atoms with van der Waals surface area (Å²) in [6.45, 7) is 2.19. The molecule has 0 unspecified atom stereocenters. The van der Waals surface area contributed by atoms with Crippen molar-refractivity contribution in [3.8, 4) is 5.75 Å². The molecule has 0 bridgehead atoms. The maximum absolute atomic E-state index is 10.7. The molecular formula is C17H24Na2O5. The number of aromatic carboxylic acids is 1. The summed E-state index contributed by atoms with van der Waals surface area (Å²) in [6, 6.07) is 5.54. The SMILES string of the molecule is CCCCCCCCCC(=O)[O-].O=C(O)c1ccccc1[O-].[Na+].[Na+]. The molecule has 1 rings (SSSR count). The minimum Gasteiger partial charge on any atom is -0.872 e. The van der Waals surface area contributed by atoms with E-state index in [9.17, 15) is 19.8 Å². The molecule has 0 aromatic heterocycles. The van der Waals surface area contributed by atoms with Gasteiger partial charge in [0.25, 0.3) is 0 Å². The summed E-state index contributed by atoms with van der Waals surface area (Å²) in [4.78, 5) is 20.2. The normalized spacial score (nSPS) is 8.88. The van der Waals surface area contributed by atoms with Crippen LogP contribution in [-0.2, 0) is 4.79 Å². The predicted molar refractivity (Wildman–Crippen MR) is 80.5 cm³/mol. The van der Waals surface area contributed by atoms with Crippen LogP contribution < -0.4 is 69.3 Å². The maximum Gasteiger partial charge on any atom is 1.00 e. The van der Waals surface area contributed by atoms with Crippen LogP contribution in [0.4, 0.5) is 0 Å². The topological polar surface area (TPSA) is 100 Å². The molecule has 1 aromatic carbocycles. The molecule has 0 spiro atoms. The number of rotatable bonds is 9. The summed E-state index contributed by atoms with van der Waals surface area (Å²) in [5.41, 5.74) is -0.178. The summed E-state index contributed by atoms with van der Waals surface area (Å²) < 4.78 is 0. The molecule has 124 valence electrons. The number of hydrogen-bond donors (Lipinski definition) is 1. The summed E-state index contributed by atoms with van der Waals surface area (Å²) in [7, 11) is 0. The molecule has 0 atom stereocenters. The van der Waals surface area contributed by atoms with Crippen LogP contribution in [0.25, 0.3) is 0 Å². The molecule has 0 amide bonds. The fourth-order valence-corrected chi connectivity index (χ4v) is 1.87. The van der Waals surface area contributed by atoms with E-state index in [1.165, 1.54) is 56.4 Å². The van der Waals surface area contributed by atoms with Gasteiger partial charge in [-0.3, -0.25) is 0 Å². The average Bonchev–Trinajstić information content (AvgIpc) is 2.47. The van der Waals surface area contributed by atoms with Crippen molar-refractivity contribution in [2.24, 2.45) is 0 Å². The van der Waals surface area contributed by atoms with Gasteiger partial charge in [0.1, 0.15) is 0 Å². The average molecular weight is 354 g/mol. The van der Waals surface area contributed by atoms with Gasteiger partial charge < -0.3 is 20.1 Å². The maximum atomic E-state index is 10.7. The van der Waals surface area contributed by atoms with Crippen LogP contribution in [0.5, 0.6) is 5.75 Å². The van der Waals surface area contributed by atoms with E-state index in [1.54, 1.807) is 0 Å². The van der Waals surface area contributed by atoms with Crippen LogP contribution >= 0.6 is 0 Å². The Hall–Kier alpha value is -0.0400. The zero-order valence-electron chi connectivity index (χ0n) is 15.0. The van der Waals surface area contributed by atoms with Crippen molar-refractivity contribution < 1.29 is 84.0 Å². The van der Waals surface area contributed by atoms with Gasteiger partial charge in [-0.25, -0.2) is 4.79 Å². The van der Waals surface area contributed by atoms with Crippen molar-refractivity contribution in [1.29, 1.82) is 0 Å². The Bertz CT molecular complexity index is 452. The van der Waals surface area contributed by atoms with Crippen molar-refractivity contribution in [1.82, 2.24) is 0 Å². The largest absolute Gasteiger partial charge is 1.00 e. The van der Waals surface area contributed by atoms with Crippen LogP contribution in [0.2, 0.25) is 0 Å². The van der Waals surface area contributed by atoms with Gasteiger partial charge in [0.2, 0.25) is 0 Å². The first kappa shape index (κ1) is 28.8. The molecule has 0 saturated heterocycles. The zero-order valence-corrected chi connectivity index (χ0v) is 19.0. The van der Waals surface area contributed by atoms with E-state index in [0.29, 0.717) is 0 Å². The second-order valence-corrected chi connectivity index (χ2v) is 5.04. The Morgan fingerprint density at radius 1 is 0.958 bits per heavy atom. The number of carboxylic acid groups (broad SMARTS) is 2. The number of hydrogen-bond acceptors (Lipinski definition) is 4. The third kappa shape index (κ3) is 16.8. The summed E-state index contributed by atoms with van der Waals surface area (Å²) >= 11 is 0. The summed E-state index contributed by atoms with van der Waals surface area (Å²) in [5.74, 6) is -2.54. The second kappa shape index (κ2) is 19.3. The predicted octanol–water partition coefficient (Wildman–Crippen LogP) is -3.66. The van der Waals surface area contributed by atoms with Gasteiger partial charge >= 0.3 is 65.1 Å². The minimum atomic E-state index is -1.18. The van der Waals surface area contributed by atoms with Crippen LogP contribution in [0.3, 0.4) is 0 Å². The Kier molecular flexibility index (Phi) is 23.1. The van der Waals surface area contributed by atoms with Gasteiger partial charge in [-0.05, 0) is 18.9 Å². The van der Waals surface area contributed by atoms with Crippen LogP contribution in [0.1, 0.15) is 68.6 Å². The van der Waals surface area contributed by atoms with E-state index in [1.807, 2.05) is 0 Å².